The van der Waals surface area contributed by atoms with Crippen LogP contribution in [0.2, 0.25) is 0 Å². The predicted molar refractivity (Wildman–Crippen MR) is 86.3 cm³/mol. The fourth-order valence-corrected chi connectivity index (χ4v) is 4.20. The van der Waals surface area contributed by atoms with Crippen LogP contribution in [0.1, 0.15) is 32.3 Å². The molecule has 1 saturated carbocycles. The zero-order chi connectivity index (χ0) is 16.7. The van der Waals surface area contributed by atoms with Crippen LogP contribution in [0, 0.1) is 17.2 Å². The van der Waals surface area contributed by atoms with E-state index in [4.69, 9.17) is 10.5 Å². The van der Waals surface area contributed by atoms with Gasteiger partial charge in [0.15, 0.2) is 0 Å². The van der Waals surface area contributed by atoms with Gasteiger partial charge in [0.2, 0.25) is 5.91 Å². The van der Waals surface area contributed by atoms with Gasteiger partial charge in [-0.3, -0.25) is 4.79 Å². The molecule has 5 heteroatoms. The Morgan fingerprint density at radius 2 is 2.26 bits per heavy atom. The molecule has 3 N–H and O–H groups in total. The van der Waals surface area contributed by atoms with E-state index in [0.717, 1.165) is 25.0 Å². The molecule has 1 amide bonds. The van der Waals surface area contributed by atoms with Crippen LogP contribution in [0.15, 0.2) is 24.3 Å². The molecule has 3 unspecified atom stereocenters. The maximum Gasteiger partial charge on any atom is 0.241 e. The van der Waals surface area contributed by atoms with E-state index in [1.807, 2.05) is 19.9 Å². The number of nitrogens with two attached hydrogens (primary N) is 1. The number of halogens is 1. The van der Waals surface area contributed by atoms with Crippen LogP contribution in [0.25, 0.3) is 0 Å². The molecule has 4 nitrogen and oxygen atoms in total. The van der Waals surface area contributed by atoms with Crippen LogP contribution in [-0.2, 0) is 16.0 Å². The highest BCUT2D eigenvalue weighted by Crippen LogP contribution is 2.57. The van der Waals surface area contributed by atoms with Gasteiger partial charge in [0, 0.05) is 24.5 Å². The minimum Gasteiger partial charge on any atom is -0.377 e. The lowest BCUT2D eigenvalue weighted by atomic mass is 9.46. The number of hydrogen-bond acceptors (Lipinski definition) is 3. The summed E-state index contributed by atoms with van der Waals surface area (Å²) in [6.45, 7) is 5.22. The summed E-state index contributed by atoms with van der Waals surface area (Å²) in [5.74, 6) is -0.294. The highest BCUT2D eigenvalue weighted by Gasteiger charge is 2.70. The molecule has 1 aliphatic heterocycles. The summed E-state index contributed by atoms with van der Waals surface area (Å²) in [5.41, 5.74) is 6.13. The summed E-state index contributed by atoms with van der Waals surface area (Å²) in [5, 5.41) is 2.94. The van der Waals surface area contributed by atoms with Crippen LogP contribution in [0.3, 0.4) is 0 Å². The Labute approximate surface area is 136 Å². The molecule has 0 radical (unpaired) electrons. The lowest BCUT2D eigenvalue weighted by molar-refractivity contribution is -0.225. The van der Waals surface area contributed by atoms with Crippen molar-refractivity contribution in [1.82, 2.24) is 5.32 Å². The standard InChI is InChI=1S/C18H25FN2O2/c1-17(2)15-14(7-4-10-23-15)18(17,20)16(22)21-9-8-12-5-3-6-13(19)11-12/h3,5-6,11,14-15H,4,7-10,20H2,1-2H3,(H,21,22). The molecule has 2 aliphatic rings. The second-order valence-electron chi connectivity index (χ2n) is 7.27. The first-order valence-corrected chi connectivity index (χ1v) is 8.30. The minimum absolute atomic E-state index is 0.0650. The first kappa shape index (κ1) is 16.4. The van der Waals surface area contributed by atoms with Gasteiger partial charge in [-0.05, 0) is 37.0 Å². The van der Waals surface area contributed by atoms with Crippen LogP contribution < -0.4 is 11.1 Å². The van der Waals surface area contributed by atoms with E-state index in [0.29, 0.717) is 13.0 Å². The van der Waals surface area contributed by atoms with Crippen LogP contribution >= 0.6 is 0 Å². The predicted octanol–water partition coefficient (Wildman–Crippen LogP) is 2.02. The third kappa shape index (κ3) is 2.56. The van der Waals surface area contributed by atoms with Gasteiger partial charge in [0.25, 0.3) is 0 Å². The van der Waals surface area contributed by atoms with E-state index in [1.165, 1.54) is 12.1 Å². The fraction of sp³-hybridized carbons (Fsp3) is 0.611. The van der Waals surface area contributed by atoms with Crippen molar-refractivity contribution in [3.05, 3.63) is 35.6 Å². The second kappa shape index (κ2) is 5.87. The smallest absolute Gasteiger partial charge is 0.241 e. The molecule has 2 fully saturated rings. The Hall–Kier alpha value is -1.46. The molecule has 0 aromatic heterocycles. The molecule has 126 valence electrons. The summed E-state index contributed by atoms with van der Waals surface area (Å²) >= 11 is 0. The summed E-state index contributed by atoms with van der Waals surface area (Å²) in [4.78, 5) is 12.7. The summed E-state index contributed by atoms with van der Waals surface area (Å²) in [7, 11) is 0. The lowest BCUT2D eigenvalue weighted by Crippen LogP contribution is -2.82. The molecule has 0 bridgehead atoms. The molecular weight excluding hydrogens is 295 g/mol. The summed E-state index contributed by atoms with van der Waals surface area (Å²) < 4.78 is 19.0. The van der Waals surface area contributed by atoms with Gasteiger partial charge in [-0.1, -0.05) is 26.0 Å². The zero-order valence-corrected chi connectivity index (χ0v) is 13.8. The highest BCUT2D eigenvalue weighted by atomic mass is 19.1. The normalized spacial score (nSPS) is 31.8. The molecule has 1 aliphatic carbocycles. The monoisotopic (exact) mass is 320 g/mol. The average molecular weight is 320 g/mol. The van der Waals surface area contributed by atoms with Crippen molar-refractivity contribution in [1.29, 1.82) is 0 Å². The van der Waals surface area contributed by atoms with E-state index in [2.05, 4.69) is 5.32 Å². The van der Waals surface area contributed by atoms with Gasteiger partial charge < -0.3 is 15.8 Å². The number of nitrogens with one attached hydrogen (secondary N) is 1. The first-order chi connectivity index (χ1) is 10.9. The average Bonchev–Trinajstić information content (AvgIpc) is 2.54. The van der Waals surface area contributed by atoms with Gasteiger partial charge in [-0.25, -0.2) is 4.39 Å². The molecule has 3 rings (SSSR count). The van der Waals surface area contributed by atoms with Crippen molar-refractivity contribution < 1.29 is 13.9 Å². The summed E-state index contributed by atoms with van der Waals surface area (Å²) in [6.07, 6.45) is 2.54. The summed E-state index contributed by atoms with van der Waals surface area (Å²) in [6, 6.07) is 6.43. The fourth-order valence-electron chi connectivity index (χ4n) is 4.20. The van der Waals surface area contributed by atoms with E-state index >= 15 is 0 Å². The van der Waals surface area contributed by atoms with E-state index in [9.17, 15) is 9.18 Å². The number of hydrogen-bond donors (Lipinski definition) is 2. The largest absolute Gasteiger partial charge is 0.377 e. The minimum atomic E-state index is -0.889. The van der Waals surface area contributed by atoms with E-state index < -0.39 is 5.54 Å². The maximum absolute atomic E-state index is 13.2. The van der Waals surface area contributed by atoms with Crippen molar-refractivity contribution in [3.8, 4) is 0 Å². The Bertz CT molecular complexity index is 604. The Morgan fingerprint density at radius 3 is 3.00 bits per heavy atom. The highest BCUT2D eigenvalue weighted by molar-refractivity contribution is 5.89. The van der Waals surface area contributed by atoms with Gasteiger partial charge in [0.05, 0.1) is 6.10 Å². The molecular formula is C18H25FN2O2. The van der Waals surface area contributed by atoms with Crippen LogP contribution in [-0.4, -0.2) is 30.7 Å². The third-order valence-corrected chi connectivity index (χ3v) is 5.65. The van der Waals surface area contributed by atoms with Crippen molar-refractivity contribution >= 4 is 5.91 Å². The van der Waals surface area contributed by atoms with Crippen molar-refractivity contribution in [2.75, 3.05) is 13.2 Å². The third-order valence-electron chi connectivity index (χ3n) is 5.65. The molecule has 1 aromatic carbocycles. The molecule has 0 spiro atoms. The van der Waals surface area contributed by atoms with Gasteiger partial charge in [-0.15, -0.1) is 0 Å². The van der Waals surface area contributed by atoms with Crippen LogP contribution in [0.4, 0.5) is 4.39 Å². The molecule has 1 saturated heterocycles. The Balaban J connectivity index is 1.61. The zero-order valence-electron chi connectivity index (χ0n) is 13.8. The van der Waals surface area contributed by atoms with Crippen molar-refractivity contribution in [3.63, 3.8) is 0 Å². The number of amides is 1. The SMILES string of the molecule is CC1(C)C2OCCCC2C1(N)C(=O)NCCc1cccc(F)c1. The lowest BCUT2D eigenvalue weighted by Gasteiger charge is -2.65. The number of carbonyl (C=O) groups excluding carboxylic acids is 1. The number of fused-ring (bicyclic) bond motifs is 1. The first-order valence-electron chi connectivity index (χ1n) is 8.30. The number of ether oxygens (including phenoxy) is 1. The Morgan fingerprint density at radius 1 is 1.48 bits per heavy atom. The quantitative estimate of drug-likeness (QED) is 0.892. The van der Waals surface area contributed by atoms with Crippen LogP contribution in [0.5, 0.6) is 0 Å². The van der Waals surface area contributed by atoms with Gasteiger partial charge in [-0.2, -0.15) is 0 Å². The topological polar surface area (TPSA) is 64.3 Å². The Kier molecular flexibility index (Phi) is 4.19. The molecule has 23 heavy (non-hydrogen) atoms. The second-order valence-corrected chi connectivity index (χ2v) is 7.27. The molecule has 3 atom stereocenters. The molecule has 1 heterocycles. The maximum atomic E-state index is 13.2. The molecule has 1 aromatic rings. The van der Waals surface area contributed by atoms with Crippen molar-refractivity contribution in [2.24, 2.45) is 17.1 Å². The van der Waals surface area contributed by atoms with E-state index in [1.54, 1.807) is 6.07 Å². The number of rotatable bonds is 4. The number of benzene rings is 1. The van der Waals surface area contributed by atoms with E-state index in [-0.39, 0.29) is 29.2 Å². The van der Waals surface area contributed by atoms with Gasteiger partial charge >= 0.3 is 0 Å². The van der Waals surface area contributed by atoms with Gasteiger partial charge in [0.1, 0.15) is 11.4 Å². The van der Waals surface area contributed by atoms with Crippen molar-refractivity contribution in [2.45, 2.75) is 44.8 Å². The number of carbonyl (C=O) groups is 1.